The molecular formula is C31H39F3N4O3. The van der Waals surface area contributed by atoms with Gasteiger partial charge in [0.15, 0.2) is 0 Å². The second kappa shape index (κ2) is 12.4. The predicted octanol–water partition coefficient (Wildman–Crippen LogP) is 5.07. The molecule has 3 aliphatic heterocycles. The van der Waals surface area contributed by atoms with Crippen LogP contribution in [-0.2, 0) is 10.9 Å². The average molecular weight is 573 g/mol. The van der Waals surface area contributed by atoms with Gasteiger partial charge in [0.05, 0.1) is 11.6 Å². The molecular weight excluding hydrogens is 533 g/mol. The highest BCUT2D eigenvalue weighted by atomic mass is 19.4. The van der Waals surface area contributed by atoms with Crippen molar-refractivity contribution in [3.8, 4) is 11.1 Å². The number of carbonyl (C=O) groups excluding carboxylic acids is 2. The molecule has 2 atom stereocenters. The minimum atomic E-state index is -4.38. The number of carbonyl (C=O) groups is 2. The van der Waals surface area contributed by atoms with Crippen LogP contribution in [0, 0.1) is 5.92 Å². The summed E-state index contributed by atoms with van der Waals surface area (Å²) in [4.78, 5) is 34.5. The van der Waals surface area contributed by atoms with Crippen molar-refractivity contribution in [2.45, 2.75) is 43.9 Å². The average Bonchev–Trinajstić information content (AvgIpc) is 3.66. The van der Waals surface area contributed by atoms with Crippen LogP contribution in [0.4, 0.5) is 18.0 Å². The first-order valence-corrected chi connectivity index (χ1v) is 14.5. The molecule has 2 aromatic carbocycles. The van der Waals surface area contributed by atoms with Crippen molar-refractivity contribution >= 4 is 11.9 Å². The Balaban J connectivity index is 1.12. The molecule has 7 nitrogen and oxygen atoms in total. The zero-order chi connectivity index (χ0) is 29.1. The maximum Gasteiger partial charge on any atom is 0.416 e. The molecule has 0 bridgehead atoms. The molecule has 0 unspecified atom stereocenters. The first-order valence-electron chi connectivity index (χ1n) is 14.5. The second-order valence-electron chi connectivity index (χ2n) is 11.6. The highest BCUT2D eigenvalue weighted by Gasteiger charge is 2.36. The number of likely N-dealkylation sites (tertiary alicyclic amines) is 2. The first kappa shape index (κ1) is 29.4. The van der Waals surface area contributed by atoms with Gasteiger partial charge in [-0.25, -0.2) is 4.79 Å². The van der Waals surface area contributed by atoms with E-state index >= 15 is 0 Å². The van der Waals surface area contributed by atoms with Crippen LogP contribution in [0.1, 0.15) is 41.6 Å². The van der Waals surface area contributed by atoms with E-state index < -0.39 is 11.7 Å². The van der Waals surface area contributed by atoms with E-state index in [1.54, 1.807) is 36.2 Å². The molecule has 2 aromatic rings. The number of hydrogen-bond acceptors (Lipinski definition) is 4. The topological polar surface area (TPSA) is 56.3 Å². The normalized spacial score (nSPS) is 22.2. The van der Waals surface area contributed by atoms with E-state index in [2.05, 4.69) is 4.90 Å². The molecule has 5 rings (SSSR count). The molecule has 0 spiro atoms. The summed E-state index contributed by atoms with van der Waals surface area (Å²) in [6, 6.07) is 12.0. The summed E-state index contributed by atoms with van der Waals surface area (Å²) in [7, 11) is 3.66. The predicted molar refractivity (Wildman–Crippen MR) is 150 cm³/mol. The Morgan fingerprint density at radius 3 is 2.05 bits per heavy atom. The Morgan fingerprint density at radius 2 is 1.41 bits per heavy atom. The quantitative estimate of drug-likeness (QED) is 0.485. The molecule has 3 aliphatic rings. The van der Waals surface area contributed by atoms with E-state index in [1.807, 2.05) is 16.8 Å². The van der Waals surface area contributed by atoms with Gasteiger partial charge >= 0.3 is 12.2 Å². The van der Waals surface area contributed by atoms with E-state index in [0.29, 0.717) is 36.6 Å². The van der Waals surface area contributed by atoms with Gasteiger partial charge in [0.1, 0.15) is 0 Å². The Hall–Kier alpha value is -3.11. The molecule has 0 aromatic heterocycles. The lowest BCUT2D eigenvalue weighted by Crippen LogP contribution is -2.47. The second-order valence-corrected chi connectivity index (χ2v) is 11.6. The molecule has 0 aliphatic carbocycles. The molecule has 10 heteroatoms. The number of amides is 3. The van der Waals surface area contributed by atoms with Crippen molar-refractivity contribution in [1.29, 1.82) is 0 Å². The van der Waals surface area contributed by atoms with Crippen molar-refractivity contribution < 1.29 is 27.5 Å². The van der Waals surface area contributed by atoms with E-state index in [0.717, 1.165) is 69.8 Å². The smallest absolute Gasteiger partial charge is 0.381 e. The van der Waals surface area contributed by atoms with Gasteiger partial charge in [-0.2, -0.15) is 13.2 Å². The van der Waals surface area contributed by atoms with Gasteiger partial charge in [-0.3, -0.25) is 4.79 Å². The third-order valence-electron chi connectivity index (χ3n) is 8.93. The lowest BCUT2D eigenvalue weighted by atomic mass is 10.00. The number of urea groups is 1. The zero-order valence-electron chi connectivity index (χ0n) is 23.8. The number of alkyl halides is 3. The van der Waals surface area contributed by atoms with Crippen molar-refractivity contribution in [2.24, 2.45) is 5.92 Å². The maximum absolute atomic E-state index is 13.3. The number of nitrogens with zero attached hydrogens (tertiary/aromatic N) is 4. The SMILES string of the molecule is CN(C(=O)c1ccc(-c2ccc(C(F)(F)F)cc2)cc1)[C@H]1CCN(C(=O)N(C)[C@@H]2CCN(CC3CCOCC3)C2)C1. The number of ether oxygens (including phenoxy) is 1. The number of likely N-dealkylation sites (N-methyl/N-ethyl adjacent to an activating group) is 2. The number of rotatable bonds is 6. The van der Waals surface area contributed by atoms with E-state index in [4.69, 9.17) is 4.74 Å². The number of hydrogen-bond donors (Lipinski definition) is 0. The third-order valence-corrected chi connectivity index (χ3v) is 8.93. The van der Waals surface area contributed by atoms with Gasteiger partial charge in [0.25, 0.3) is 5.91 Å². The third kappa shape index (κ3) is 6.86. The van der Waals surface area contributed by atoms with Gasteiger partial charge in [-0.05, 0) is 67.0 Å². The first-order chi connectivity index (χ1) is 19.6. The lowest BCUT2D eigenvalue weighted by Gasteiger charge is -2.31. The van der Waals surface area contributed by atoms with Gasteiger partial charge in [0, 0.05) is 71.6 Å². The molecule has 3 fully saturated rings. The number of benzene rings is 2. The summed E-state index contributed by atoms with van der Waals surface area (Å²) in [5.41, 5.74) is 1.19. The monoisotopic (exact) mass is 572 g/mol. The van der Waals surface area contributed by atoms with Crippen molar-refractivity contribution in [3.05, 3.63) is 59.7 Å². The maximum atomic E-state index is 13.3. The fourth-order valence-corrected chi connectivity index (χ4v) is 6.23. The Morgan fingerprint density at radius 1 is 0.829 bits per heavy atom. The molecule has 3 saturated heterocycles. The highest BCUT2D eigenvalue weighted by molar-refractivity contribution is 5.95. The van der Waals surface area contributed by atoms with Crippen LogP contribution in [0.3, 0.4) is 0 Å². The molecule has 3 amide bonds. The van der Waals surface area contributed by atoms with Crippen LogP contribution < -0.4 is 0 Å². The summed E-state index contributed by atoms with van der Waals surface area (Å²) in [6.45, 7) is 5.79. The Kier molecular flexibility index (Phi) is 8.89. The molecule has 41 heavy (non-hydrogen) atoms. The van der Waals surface area contributed by atoms with E-state index in [1.165, 1.54) is 12.1 Å². The van der Waals surface area contributed by atoms with Crippen LogP contribution >= 0.6 is 0 Å². The van der Waals surface area contributed by atoms with Gasteiger partial charge < -0.3 is 24.3 Å². The van der Waals surface area contributed by atoms with Crippen LogP contribution in [0.25, 0.3) is 11.1 Å². The molecule has 222 valence electrons. The van der Waals surface area contributed by atoms with E-state index in [9.17, 15) is 22.8 Å². The number of halogens is 3. The largest absolute Gasteiger partial charge is 0.416 e. The summed E-state index contributed by atoms with van der Waals surface area (Å²) in [5.74, 6) is 0.535. The van der Waals surface area contributed by atoms with Gasteiger partial charge in [-0.1, -0.05) is 24.3 Å². The minimum Gasteiger partial charge on any atom is -0.381 e. The summed E-state index contributed by atoms with van der Waals surface area (Å²) < 4.78 is 44.1. The van der Waals surface area contributed by atoms with Gasteiger partial charge in [-0.15, -0.1) is 0 Å². The summed E-state index contributed by atoms with van der Waals surface area (Å²) >= 11 is 0. The molecule has 0 saturated carbocycles. The molecule has 0 N–H and O–H groups in total. The van der Waals surface area contributed by atoms with Crippen LogP contribution in [0.15, 0.2) is 48.5 Å². The summed E-state index contributed by atoms with van der Waals surface area (Å²) in [6.07, 6.45) is -0.464. The van der Waals surface area contributed by atoms with Crippen molar-refractivity contribution in [2.75, 3.05) is 60.0 Å². The lowest BCUT2D eigenvalue weighted by molar-refractivity contribution is -0.137. The van der Waals surface area contributed by atoms with Crippen molar-refractivity contribution in [3.63, 3.8) is 0 Å². The van der Waals surface area contributed by atoms with E-state index in [-0.39, 0.29) is 24.0 Å². The zero-order valence-corrected chi connectivity index (χ0v) is 23.8. The fourth-order valence-electron chi connectivity index (χ4n) is 6.23. The molecule has 3 heterocycles. The summed E-state index contributed by atoms with van der Waals surface area (Å²) in [5, 5.41) is 0. The minimum absolute atomic E-state index is 0.0205. The highest BCUT2D eigenvalue weighted by Crippen LogP contribution is 2.31. The Labute approximate surface area is 239 Å². The standard InChI is InChI=1S/C31H39F3N4O3/c1-35(29(39)25-5-3-23(4-6-25)24-7-9-26(10-8-24)31(32,33)34)28-12-16-38(21-28)30(40)36(2)27-11-15-37(20-27)19-22-13-17-41-18-14-22/h3-10,22,27-28H,11-21H2,1-2H3/t27-,28+/m1/s1. The van der Waals surface area contributed by atoms with Crippen molar-refractivity contribution in [1.82, 2.24) is 19.6 Å². The van der Waals surface area contributed by atoms with Crippen LogP contribution in [-0.4, -0.2) is 104 Å². The molecule has 0 radical (unpaired) electrons. The Bertz CT molecular complexity index is 1200. The fraction of sp³-hybridized carbons (Fsp3) is 0.548. The van der Waals surface area contributed by atoms with Crippen LogP contribution in [0.5, 0.6) is 0 Å². The van der Waals surface area contributed by atoms with Crippen LogP contribution in [0.2, 0.25) is 0 Å². The van der Waals surface area contributed by atoms with Gasteiger partial charge in [0.2, 0.25) is 0 Å².